The van der Waals surface area contributed by atoms with Crippen LogP contribution in [0.5, 0.6) is 0 Å². The number of rotatable bonds is 3. The zero-order valence-electron chi connectivity index (χ0n) is 11.5. The molecule has 2 aromatic carbocycles. The maximum Gasteiger partial charge on any atom is 0.228 e. The molecule has 0 saturated carbocycles. The lowest BCUT2D eigenvalue weighted by Gasteiger charge is -2.04. The van der Waals surface area contributed by atoms with Crippen molar-refractivity contribution in [1.82, 2.24) is 0 Å². The number of halogens is 1. The molecule has 0 saturated heterocycles. The second-order valence-electron chi connectivity index (χ2n) is 5.00. The van der Waals surface area contributed by atoms with Gasteiger partial charge in [-0.15, -0.1) is 0 Å². The maximum absolute atomic E-state index is 12.1. The van der Waals surface area contributed by atoms with Crippen molar-refractivity contribution < 1.29 is 9.21 Å². The van der Waals surface area contributed by atoms with Gasteiger partial charge in [-0.1, -0.05) is 29.8 Å². The van der Waals surface area contributed by atoms with Crippen LogP contribution in [-0.2, 0) is 11.2 Å². The van der Waals surface area contributed by atoms with Gasteiger partial charge >= 0.3 is 0 Å². The van der Waals surface area contributed by atoms with Crippen molar-refractivity contribution in [3.8, 4) is 0 Å². The third kappa shape index (κ3) is 3.09. The molecule has 4 heteroatoms. The van der Waals surface area contributed by atoms with E-state index >= 15 is 0 Å². The number of anilines is 1. The fourth-order valence-electron chi connectivity index (χ4n) is 2.27. The number of nitrogens with one attached hydrogen (secondary N) is 1. The molecule has 106 valence electrons. The molecule has 3 aromatic rings. The van der Waals surface area contributed by atoms with Crippen LogP contribution in [0.1, 0.15) is 11.1 Å². The molecule has 0 atom stereocenters. The quantitative estimate of drug-likeness (QED) is 0.769. The number of benzene rings is 2. The lowest BCUT2D eigenvalue weighted by molar-refractivity contribution is -0.115. The standard InChI is InChI=1S/C17H14ClNO2/c1-11-5-6-15-12(10-21-16(15)7-11)8-17(20)19-14-4-2-3-13(18)9-14/h2-7,9-10H,8H2,1H3,(H,19,20). The topological polar surface area (TPSA) is 42.2 Å². The van der Waals surface area contributed by atoms with Crippen LogP contribution in [-0.4, -0.2) is 5.91 Å². The average Bonchev–Trinajstić information content (AvgIpc) is 2.81. The molecule has 0 aliphatic carbocycles. The average molecular weight is 300 g/mol. The number of carbonyl (C=O) groups excluding carboxylic acids is 1. The number of carbonyl (C=O) groups is 1. The Morgan fingerprint density at radius 2 is 2.10 bits per heavy atom. The van der Waals surface area contributed by atoms with Crippen molar-refractivity contribution in [1.29, 1.82) is 0 Å². The van der Waals surface area contributed by atoms with E-state index in [0.717, 1.165) is 22.1 Å². The van der Waals surface area contributed by atoms with Crippen molar-refractivity contribution in [2.24, 2.45) is 0 Å². The van der Waals surface area contributed by atoms with E-state index in [4.69, 9.17) is 16.0 Å². The Balaban J connectivity index is 1.77. The molecule has 0 spiro atoms. The molecule has 0 fully saturated rings. The van der Waals surface area contributed by atoms with Gasteiger partial charge in [0, 0.05) is 21.7 Å². The normalized spacial score (nSPS) is 10.8. The van der Waals surface area contributed by atoms with Crippen LogP contribution in [0.15, 0.2) is 53.1 Å². The summed E-state index contributed by atoms with van der Waals surface area (Å²) >= 11 is 5.90. The van der Waals surface area contributed by atoms with E-state index in [9.17, 15) is 4.79 Å². The minimum Gasteiger partial charge on any atom is -0.464 e. The highest BCUT2D eigenvalue weighted by Gasteiger charge is 2.10. The molecule has 1 aromatic heterocycles. The van der Waals surface area contributed by atoms with Crippen LogP contribution in [0.2, 0.25) is 5.02 Å². The minimum absolute atomic E-state index is 0.0967. The fourth-order valence-corrected chi connectivity index (χ4v) is 2.46. The van der Waals surface area contributed by atoms with Crippen molar-refractivity contribution in [2.75, 3.05) is 5.32 Å². The third-order valence-corrected chi connectivity index (χ3v) is 3.51. The van der Waals surface area contributed by atoms with Gasteiger partial charge in [-0.3, -0.25) is 4.79 Å². The second kappa shape index (κ2) is 5.62. The summed E-state index contributed by atoms with van der Waals surface area (Å²) in [6, 6.07) is 13.0. The summed E-state index contributed by atoms with van der Waals surface area (Å²) in [4.78, 5) is 12.1. The largest absolute Gasteiger partial charge is 0.464 e. The highest BCUT2D eigenvalue weighted by Crippen LogP contribution is 2.23. The van der Waals surface area contributed by atoms with Crippen LogP contribution in [0.4, 0.5) is 5.69 Å². The van der Waals surface area contributed by atoms with E-state index in [1.54, 1.807) is 30.5 Å². The molecular formula is C17H14ClNO2. The second-order valence-corrected chi connectivity index (χ2v) is 5.43. The van der Waals surface area contributed by atoms with Gasteiger partial charge in [-0.2, -0.15) is 0 Å². The molecule has 21 heavy (non-hydrogen) atoms. The Hall–Kier alpha value is -2.26. The highest BCUT2D eigenvalue weighted by molar-refractivity contribution is 6.30. The predicted molar refractivity (Wildman–Crippen MR) is 84.7 cm³/mol. The maximum atomic E-state index is 12.1. The number of fused-ring (bicyclic) bond motifs is 1. The molecule has 3 nitrogen and oxygen atoms in total. The van der Waals surface area contributed by atoms with Gasteiger partial charge in [-0.05, 0) is 36.8 Å². The minimum atomic E-state index is -0.0967. The first-order valence-corrected chi connectivity index (χ1v) is 7.02. The van der Waals surface area contributed by atoms with Gasteiger partial charge in [-0.25, -0.2) is 0 Å². The van der Waals surface area contributed by atoms with E-state index in [0.29, 0.717) is 10.7 Å². The summed E-state index contributed by atoms with van der Waals surface area (Å²) in [5.74, 6) is -0.0967. The number of furan rings is 1. The Morgan fingerprint density at radius 1 is 1.24 bits per heavy atom. The Bertz CT molecular complexity index is 807. The monoisotopic (exact) mass is 299 g/mol. The zero-order valence-corrected chi connectivity index (χ0v) is 12.3. The van der Waals surface area contributed by atoms with Gasteiger partial charge in [0.2, 0.25) is 5.91 Å². The summed E-state index contributed by atoms with van der Waals surface area (Å²) in [6.45, 7) is 2.01. The van der Waals surface area contributed by atoms with Gasteiger partial charge in [0.1, 0.15) is 5.58 Å². The fraction of sp³-hybridized carbons (Fsp3) is 0.118. The SMILES string of the molecule is Cc1ccc2c(CC(=O)Nc3cccc(Cl)c3)coc2c1. The van der Waals surface area contributed by atoms with Gasteiger partial charge in [0.25, 0.3) is 0 Å². The van der Waals surface area contributed by atoms with Crippen LogP contribution in [0.25, 0.3) is 11.0 Å². The van der Waals surface area contributed by atoms with Crippen LogP contribution in [0.3, 0.4) is 0 Å². The lowest BCUT2D eigenvalue weighted by atomic mass is 10.1. The van der Waals surface area contributed by atoms with Gasteiger partial charge < -0.3 is 9.73 Å². The first-order chi connectivity index (χ1) is 10.1. The molecule has 0 bridgehead atoms. The van der Waals surface area contributed by atoms with E-state index in [1.807, 2.05) is 25.1 Å². The number of hydrogen-bond acceptors (Lipinski definition) is 2. The predicted octanol–water partition coefficient (Wildman–Crippen LogP) is 4.58. The molecule has 1 heterocycles. The molecule has 0 aliphatic heterocycles. The molecule has 0 aliphatic rings. The summed E-state index contributed by atoms with van der Waals surface area (Å²) in [5, 5.41) is 4.40. The van der Waals surface area contributed by atoms with E-state index < -0.39 is 0 Å². The van der Waals surface area contributed by atoms with Gasteiger partial charge in [0.05, 0.1) is 12.7 Å². The molecular weight excluding hydrogens is 286 g/mol. The Morgan fingerprint density at radius 3 is 2.90 bits per heavy atom. The van der Waals surface area contributed by atoms with E-state index in [2.05, 4.69) is 5.32 Å². The van der Waals surface area contributed by atoms with Crippen molar-refractivity contribution in [3.05, 3.63) is 64.9 Å². The number of aryl methyl sites for hydroxylation is 1. The summed E-state index contributed by atoms with van der Waals surface area (Å²) < 4.78 is 5.50. The zero-order chi connectivity index (χ0) is 14.8. The van der Waals surface area contributed by atoms with E-state index in [1.165, 1.54) is 0 Å². The van der Waals surface area contributed by atoms with Crippen LogP contribution >= 0.6 is 11.6 Å². The summed E-state index contributed by atoms with van der Waals surface area (Å²) in [7, 11) is 0. The summed E-state index contributed by atoms with van der Waals surface area (Å²) in [6.07, 6.45) is 1.91. The molecule has 1 N–H and O–H groups in total. The molecule has 0 unspecified atom stereocenters. The van der Waals surface area contributed by atoms with Crippen LogP contribution < -0.4 is 5.32 Å². The molecule has 3 rings (SSSR count). The third-order valence-electron chi connectivity index (χ3n) is 3.27. The Labute approximate surface area is 127 Å². The smallest absolute Gasteiger partial charge is 0.228 e. The molecule has 1 amide bonds. The van der Waals surface area contributed by atoms with E-state index in [-0.39, 0.29) is 12.3 Å². The lowest BCUT2D eigenvalue weighted by Crippen LogP contribution is -2.14. The number of amides is 1. The molecule has 0 radical (unpaired) electrons. The van der Waals surface area contributed by atoms with Crippen molar-refractivity contribution in [3.63, 3.8) is 0 Å². The van der Waals surface area contributed by atoms with Crippen molar-refractivity contribution in [2.45, 2.75) is 13.3 Å². The first kappa shape index (κ1) is 13.7. The summed E-state index contributed by atoms with van der Waals surface area (Å²) in [5.41, 5.74) is 3.51. The number of hydrogen-bond donors (Lipinski definition) is 1. The van der Waals surface area contributed by atoms with Crippen molar-refractivity contribution >= 4 is 34.2 Å². The highest BCUT2D eigenvalue weighted by atomic mass is 35.5. The first-order valence-electron chi connectivity index (χ1n) is 6.64. The van der Waals surface area contributed by atoms with Gasteiger partial charge in [0.15, 0.2) is 0 Å². The Kier molecular flexibility index (Phi) is 3.67. The van der Waals surface area contributed by atoms with Crippen LogP contribution in [0, 0.1) is 6.92 Å².